The normalized spacial score (nSPS) is 17.3. The van der Waals surface area contributed by atoms with Crippen LogP contribution in [0.4, 0.5) is 0 Å². The van der Waals surface area contributed by atoms with E-state index in [-0.39, 0.29) is 17.5 Å². The summed E-state index contributed by atoms with van der Waals surface area (Å²) in [6, 6.07) is 4.84. The van der Waals surface area contributed by atoms with Gasteiger partial charge in [0.2, 0.25) is 0 Å². The van der Waals surface area contributed by atoms with E-state index >= 15 is 0 Å². The monoisotopic (exact) mass is 221 g/mol. The summed E-state index contributed by atoms with van der Waals surface area (Å²) in [4.78, 5) is 0. The molecule has 0 saturated heterocycles. The Hall–Kier alpha value is -1.22. The fourth-order valence-electron chi connectivity index (χ4n) is 2.00. The standard InChI is InChI=1S/C13H19NO2/c1-9(14-8-7-10-5-6-10)13-11(15)3-2-4-12(13)16/h2-4,9-10,14-16H,5-8H2,1H3. The van der Waals surface area contributed by atoms with Crippen LogP contribution in [0, 0.1) is 5.92 Å². The van der Waals surface area contributed by atoms with E-state index in [1.165, 1.54) is 19.3 Å². The maximum atomic E-state index is 9.68. The second-order valence-electron chi connectivity index (χ2n) is 4.62. The second kappa shape index (κ2) is 4.74. The van der Waals surface area contributed by atoms with Crippen LogP contribution >= 0.6 is 0 Å². The van der Waals surface area contributed by atoms with Crippen molar-refractivity contribution in [2.24, 2.45) is 5.92 Å². The zero-order valence-corrected chi connectivity index (χ0v) is 9.61. The highest BCUT2D eigenvalue weighted by Crippen LogP contribution is 2.34. The van der Waals surface area contributed by atoms with Crippen molar-refractivity contribution in [3.63, 3.8) is 0 Å². The molecule has 0 aliphatic heterocycles. The van der Waals surface area contributed by atoms with Gasteiger partial charge in [0.15, 0.2) is 0 Å². The fraction of sp³-hybridized carbons (Fsp3) is 0.538. The van der Waals surface area contributed by atoms with Gasteiger partial charge >= 0.3 is 0 Å². The molecule has 1 saturated carbocycles. The fourth-order valence-corrected chi connectivity index (χ4v) is 2.00. The number of aromatic hydroxyl groups is 2. The van der Waals surface area contributed by atoms with E-state index in [9.17, 15) is 10.2 Å². The lowest BCUT2D eigenvalue weighted by Crippen LogP contribution is -2.20. The first-order valence-corrected chi connectivity index (χ1v) is 5.92. The highest BCUT2D eigenvalue weighted by molar-refractivity contribution is 5.44. The van der Waals surface area contributed by atoms with Gasteiger partial charge in [0.1, 0.15) is 11.5 Å². The van der Waals surface area contributed by atoms with Gasteiger partial charge in [0.25, 0.3) is 0 Å². The second-order valence-corrected chi connectivity index (χ2v) is 4.62. The SMILES string of the molecule is CC(NCCC1CC1)c1c(O)cccc1O. The minimum Gasteiger partial charge on any atom is -0.507 e. The molecule has 0 spiro atoms. The van der Waals surface area contributed by atoms with Crippen LogP contribution < -0.4 is 5.32 Å². The molecule has 1 aliphatic rings. The number of nitrogens with one attached hydrogen (secondary N) is 1. The number of phenols is 2. The highest BCUT2D eigenvalue weighted by Gasteiger charge is 2.21. The lowest BCUT2D eigenvalue weighted by Gasteiger charge is -2.16. The van der Waals surface area contributed by atoms with Crippen LogP contribution in [0.1, 0.15) is 37.8 Å². The summed E-state index contributed by atoms with van der Waals surface area (Å²) in [6.07, 6.45) is 3.91. The molecule has 88 valence electrons. The summed E-state index contributed by atoms with van der Waals surface area (Å²) < 4.78 is 0. The van der Waals surface area contributed by atoms with E-state index in [2.05, 4.69) is 5.32 Å². The van der Waals surface area contributed by atoms with Gasteiger partial charge in [-0.1, -0.05) is 18.9 Å². The topological polar surface area (TPSA) is 52.5 Å². The van der Waals surface area contributed by atoms with Gasteiger partial charge in [-0.15, -0.1) is 0 Å². The first kappa shape index (κ1) is 11.3. The summed E-state index contributed by atoms with van der Waals surface area (Å²) in [5.74, 6) is 1.22. The highest BCUT2D eigenvalue weighted by atomic mass is 16.3. The molecule has 2 rings (SSSR count). The molecule has 1 atom stereocenters. The molecule has 1 fully saturated rings. The van der Waals surface area contributed by atoms with Gasteiger partial charge in [0.05, 0.1) is 5.56 Å². The quantitative estimate of drug-likeness (QED) is 0.716. The predicted octanol–water partition coefficient (Wildman–Crippen LogP) is 2.55. The van der Waals surface area contributed by atoms with Gasteiger partial charge in [-0.3, -0.25) is 0 Å². The molecule has 3 nitrogen and oxygen atoms in total. The Labute approximate surface area is 96.1 Å². The number of hydrogen-bond acceptors (Lipinski definition) is 3. The van der Waals surface area contributed by atoms with Crippen molar-refractivity contribution in [1.82, 2.24) is 5.32 Å². The van der Waals surface area contributed by atoms with Gasteiger partial charge < -0.3 is 15.5 Å². The summed E-state index contributed by atoms with van der Waals surface area (Å²) in [5.41, 5.74) is 0.596. The van der Waals surface area contributed by atoms with Crippen LogP contribution in [0.25, 0.3) is 0 Å². The van der Waals surface area contributed by atoms with Gasteiger partial charge in [0, 0.05) is 6.04 Å². The Morgan fingerprint density at radius 1 is 1.31 bits per heavy atom. The molecular formula is C13H19NO2. The smallest absolute Gasteiger partial charge is 0.124 e. The summed E-state index contributed by atoms with van der Waals surface area (Å²) in [7, 11) is 0. The Morgan fingerprint density at radius 2 is 1.94 bits per heavy atom. The van der Waals surface area contributed by atoms with Crippen molar-refractivity contribution in [3.05, 3.63) is 23.8 Å². The molecule has 1 aliphatic carbocycles. The summed E-state index contributed by atoms with van der Waals surface area (Å²) >= 11 is 0. The van der Waals surface area contributed by atoms with E-state index in [4.69, 9.17) is 0 Å². The largest absolute Gasteiger partial charge is 0.507 e. The average Bonchev–Trinajstić information content (AvgIpc) is 3.01. The number of hydrogen-bond donors (Lipinski definition) is 3. The van der Waals surface area contributed by atoms with Crippen LogP contribution in [0.5, 0.6) is 11.5 Å². The molecular weight excluding hydrogens is 202 g/mol. The van der Waals surface area contributed by atoms with Crippen molar-refractivity contribution in [1.29, 1.82) is 0 Å². The number of rotatable bonds is 5. The third-order valence-electron chi connectivity index (χ3n) is 3.19. The third kappa shape index (κ3) is 2.67. The van der Waals surface area contributed by atoms with Crippen molar-refractivity contribution in [2.45, 2.75) is 32.2 Å². The molecule has 0 amide bonds. The molecule has 16 heavy (non-hydrogen) atoms. The maximum Gasteiger partial charge on any atom is 0.124 e. The molecule has 0 heterocycles. The minimum atomic E-state index is -0.0139. The Balaban J connectivity index is 1.93. The minimum absolute atomic E-state index is 0.0139. The average molecular weight is 221 g/mol. The molecule has 1 unspecified atom stereocenters. The molecule has 0 aromatic heterocycles. The summed E-state index contributed by atoms with van der Waals surface area (Å²) in [6.45, 7) is 2.90. The Morgan fingerprint density at radius 3 is 2.50 bits per heavy atom. The van der Waals surface area contributed by atoms with E-state index < -0.39 is 0 Å². The van der Waals surface area contributed by atoms with E-state index in [1.807, 2.05) is 6.92 Å². The Bertz CT molecular complexity index is 341. The predicted molar refractivity (Wildman–Crippen MR) is 63.5 cm³/mol. The molecule has 1 aromatic rings. The van der Waals surface area contributed by atoms with Crippen LogP contribution in [0.2, 0.25) is 0 Å². The van der Waals surface area contributed by atoms with E-state index in [1.54, 1.807) is 18.2 Å². The zero-order chi connectivity index (χ0) is 11.5. The molecule has 1 aromatic carbocycles. The lowest BCUT2D eigenvalue weighted by atomic mass is 10.1. The van der Waals surface area contributed by atoms with Crippen molar-refractivity contribution in [2.75, 3.05) is 6.54 Å². The number of phenolic OH excluding ortho intramolecular Hbond substituents is 2. The van der Waals surface area contributed by atoms with E-state index in [0.29, 0.717) is 5.56 Å². The van der Waals surface area contributed by atoms with Crippen molar-refractivity contribution < 1.29 is 10.2 Å². The molecule has 0 radical (unpaired) electrons. The molecule has 3 heteroatoms. The van der Waals surface area contributed by atoms with Crippen molar-refractivity contribution in [3.8, 4) is 11.5 Å². The van der Waals surface area contributed by atoms with Crippen LogP contribution in [-0.2, 0) is 0 Å². The van der Waals surface area contributed by atoms with Gasteiger partial charge in [-0.2, -0.15) is 0 Å². The maximum absolute atomic E-state index is 9.68. The van der Waals surface area contributed by atoms with Gasteiger partial charge in [-0.25, -0.2) is 0 Å². The lowest BCUT2D eigenvalue weighted by molar-refractivity contribution is 0.417. The molecule has 3 N–H and O–H groups in total. The first-order valence-electron chi connectivity index (χ1n) is 5.92. The van der Waals surface area contributed by atoms with Crippen molar-refractivity contribution >= 4 is 0 Å². The van der Waals surface area contributed by atoms with E-state index in [0.717, 1.165) is 12.5 Å². The Kier molecular flexibility index (Phi) is 3.34. The zero-order valence-electron chi connectivity index (χ0n) is 9.61. The molecule has 0 bridgehead atoms. The van der Waals surface area contributed by atoms with Crippen LogP contribution in [-0.4, -0.2) is 16.8 Å². The summed E-state index contributed by atoms with van der Waals surface area (Å²) in [5, 5.41) is 22.7. The first-order chi connectivity index (χ1) is 7.68. The third-order valence-corrected chi connectivity index (χ3v) is 3.19. The number of benzene rings is 1. The van der Waals surface area contributed by atoms with Gasteiger partial charge in [-0.05, 0) is 37.9 Å². The van der Waals surface area contributed by atoms with Crippen LogP contribution in [0.3, 0.4) is 0 Å². The van der Waals surface area contributed by atoms with Crippen LogP contribution in [0.15, 0.2) is 18.2 Å².